The van der Waals surface area contributed by atoms with Crippen molar-refractivity contribution in [3.05, 3.63) is 71.8 Å². The maximum atomic E-state index is 12.3. The second kappa shape index (κ2) is 12.8. The molecule has 0 saturated carbocycles. The number of likely N-dealkylation sites (tertiary alicyclic amines) is 1. The van der Waals surface area contributed by atoms with Gasteiger partial charge in [0.1, 0.15) is 6.04 Å². The van der Waals surface area contributed by atoms with Crippen LogP contribution in [0.25, 0.3) is 0 Å². The summed E-state index contributed by atoms with van der Waals surface area (Å²) in [5.74, 6) is 0.338. The van der Waals surface area contributed by atoms with Crippen LogP contribution in [0, 0.1) is 5.92 Å². The summed E-state index contributed by atoms with van der Waals surface area (Å²) in [5, 5.41) is 13.4. The summed E-state index contributed by atoms with van der Waals surface area (Å²) in [4.78, 5) is 14.6. The maximum absolute atomic E-state index is 12.3. The molecule has 0 aromatic heterocycles. The number of nitrogens with one attached hydrogen (secondary N) is 1. The standard InChI is InChI=1S/C22H29N3O2.2ClH/c23-21(19-9-5-2-6-10-19)22(27)24-15-17-11-13-25(14-12-17)16-20(26)18-7-3-1-4-8-18;;/h1-10,17,20-21,26H,11-16,23H2,(H,24,27);2*1H. The number of benzene rings is 2. The van der Waals surface area contributed by atoms with Gasteiger partial charge in [0.2, 0.25) is 5.91 Å². The smallest absolute Gasteiger partial charge is 0.241 e. The van der Waals surface area contributed by atoms with E-state index in [-0.39, 0.29) is 30.7 Å². The fourth-order valence-electron chi connectivity index (χ4n) is 3.56. The van der Waals surface area contributed by atoms with Crippen LogP contribution >= 0.6 is 24.8 Å². The topological polar surface area (TPSA) is 78.6 Å². The summed E-state index contributed by atoms with van der Waals surface area (Å²) in [6, 6.07) is 18.6. The van der Waals surface area contributed by atoms with Gasteiger partial charge in [0.05, 0.1) is 6.10 Å². The van der Waals surface area contributed by atoms with Gasteiger partial charge in [-0.1, -0.05) is 60.7 Å². The number of carbonyl (C=O) groups excluding carboxylic acids is 1. The van der Waals surface area contributed by atoms with E-state index in [9.17, 15) is 9.90 Å². The molecule has 0 spiro atoms. The highest BCUT2D eigenvalue weighted by molar-refractivity contribution is 5.85. The van der Waals surface area contributed by atoms with E-state index < -0.39 is 12.1 Å². The molecule has 29 heavy (non-hydrogen) atoms. The Bertz CT molecular complexity index is 711. The highest BCUT2D eigenvalue weighted by atomic mass is 35.5. The molecule has 1 aliphatic rings. The molecule has 1 amide bonds. The minimum absolute atomic E-state index is 0. The van der Waals surface area contributed by atoms with Crippen molar-refractivity contribution in [2.45, 2.75) is 25.0 Å². The zero-order valence-electron chi connectivity index (χ0n) is 16.4. The van der Waals surface area contributed by atoms with Gasteiger partial charge in [-0.15, -0.1) is 24.8 Å². The first-order valence-electron chi connectivity index (χ1n) is 9.67. The molecule has 160 valence electrons. The number of hydrogen-bond donors (Lipinski definition) is 3. The first-order chi connectivity index (χ1) is 13.1. The van der Waals surface area contributed by atoms with Crippen molar-refractivity contribution in [1.29, 1.82) is 0 Å². The zero-order valence-corrected chi connectivity index (χ0v) is 18.1. The molecule has 0 radical (unpaired) electrons. The lowest BCUT2D eigenvalue weighted by Gasteiger charge is -2.33. The largest absolute Gasteiger partial charge is 0.387 e. The lowest BCUT2D eigenvalue weighted by Crippen LogP contribution is -2.42. The van der Waals surface area contributed by atoms with Crippen molar-refractivity contribution in [3.8, 4) is 0 Å². The van der Waals surface area contributed by atoms with Gasteiger partial charge in [-0.25, -0.2) is 0 Å². The normalized spacial score (nSPS) is 16.8. The van der Waals surface area contributed by atoms with Crippen molar-refractivity contribution >= 4 is 30.7 Å². The number of nitrogens with two attached hydrogens (primary N) is 1. The van der Waals surface area contributed by atoms with E-state index in [4.69, 9.17) is 5.73 Å². The third-order valence-electron chi connectivity index (χ3n) is 5.33. The van der Waals surface area contributed by atoms with Gasteiger partial charge in [-0.3, -0.25) is 4.79 Å². The molecular weight excluding hydrogens is 409 g/mol. The highest BCUT2D eigenvalue weighted by Gasteiger charge is 2.23. The molecular formula is C22H31Cl2N3O2. The Morgan fingerprint density at radius 3 is 2.07 bits per heavy atom. The second-order valence-electron chi connectivity index (χ2n) is 7.30. The van der Waals surface area contributed by atoms with Gasteiger partial charge in [0, 0.05) is 13.1 Å². The summed E-state index contributed by atoms with van der Waals surface area (Å²) in [6.45, 7) is 3.20. The molecule has 0 bridgehead atoms. The number of piperidine rings is 1. The van der Waals surface area contributed by atoms with Gasteiger partial charge < -0.3 is 21.1 Å². The molecule has 2 atom stereocenters. The molecule has 1 aliphatic heterocycles. The average molecular weight is 440 g/mol. The third-order valence-corrected chi connectivity index (χ3v) is 5.33. The summed E-state index contributed by atoms with van der Waals surface area (Å²) < 4.78 is 0. The van der Waals surface area contributed by atoms with Crippen LogP contribution in [0.15, 0.2) is 60.7 Å². The van der Waals surface area contributed by atoms with E-state index in [1.54, 1.807) is 0 Å². The molecule has 5 nitrogen and oxygen atoms in total. The van der Waals surface area contributed by atoms with Gasteiger partial charge in [-0.05, 0) is 43.0 Å². The summed E-state index contributed by atoms with van der Waals surface area (Å²) in [5.41, 5.74) is 7.83. The predicted octanol–water partition coefficient (Wildman–Crippen LogP) is 3.09. The molecule has 7 heteroatoms. The summed E-state index contributed by atoms with van der Waals surface area (Å²) in [7, 11) is 0. The van der Waals surface area contributed by atoms with E-state index in [0.717, 1.165) is 37.1 Å². The van der Waals surface area contributed by atoms with Crippen molar-refractivity contribution < 1.29 is 9.90 Å². The van der Waals surface area contributed by atoms with Crippen molar-refractivity contribution in [3.63, 3.8) is 0 Å². The van der Waals surface area contributed by atoms with E-state index in [1.807, 2.05) is 60.7 Å². The van der Waals surface area contributed by atoms with Crippen LogP contribution in [0.4, 0.5) is 0 Å². The Kier molecular flexibility index (Phi) is 11.2. The van der Waals surface area contributed by atoms with E-state index in [2.05, 4.69) is 10.2 Å². The second-order valence-corrected chi connectivity index (χ2v) is 7.30. The Morgan fingerprint density at radius 1 is 1.00 bits per heavy atom. The van der Waals surface area contributed by atoms with E-state index in [1.165, 1.54) is 0 Å². The first kappa shape index (κ1) is 25.4. The number of amides is 1. The molecule has 4 N–H and O–H groups in total. The van der Waals surface area contributed by atoms with Gasteiger partial charge in [0.25, 0.3) is 0 Å². The maximum Gasteiger partial charge on any atom is 0.241 e. The van der Waals surface area contributed by atoms with Crippen molar-refractivity contribution in [2.24, 2.45) is 11.7 Å². The van der Waals surface area contributed by atoms with Crippen LogP contribution in [0.1, 0.15) is 36.1 Å². The molecule has 2 aromatic rings. The van der Waals surface area contributed by atoms with Gasteiger partial charge in [0.15, 0.2) is 0 Å². The Morgan fingerprint density at radius 2 is 1.52 bits per heavy atom. The zero-order chi connectivity index (χ0) is 19.1. The van der Waals surface area contributed by atoms with Crippen LogP contribution in [0.3, 0.4) is 0 Å². The number of rotatable bonds is 7. The lowest BCUT2D eigenvalue weighted by atomic mass is 9.96. The summed E-state index contributed by atoms with van der Waals surface area (Å²) in [6.07, 6.45) is 1.58. The van der Waals surface area contributed by atoms with Gasteiger partial charge >= 0.3 is 0 Å². The van der Waals surface area contributed by atoms with Gasteiger partial charge in [-0.2, -0.15) is 0 Å². The number of hydrogen-bond acceptors (Lipinski definition) is 4. The molecule has 3 rings (SSSR count). The number of aliphatic hydroxyl groups is 1. The average Bonchev–Trinajstić information content (AvgIpc) is 2.73. The first-order valence-corrected chi connectivity index (χ1v) is 9.67. The molecule has 2 unspecified atom stereocenters. The molecule has 1 heterocycles. The number of halogens is 2. The van der Waals surface area contributed by atoms with Crippen LogP contribution in [0.5, 0.6) is 0 Å². The SMILES string of the molecule is Cl.Cl.NC(C(=O)NCC1CCN(CC(O)c2ccccc2)CC1)c1ccccc1. The predicted molar refractivity (Wildman–Crippen MR) is 121 cm³/mol. The monoisotopic (exact) mass is 439 g/mol. The van der Waals surface area contributed by atoms with E-state index in [0.29, 0.717) is 19.0 Å². The lowest BCUT2D eigenvalue weighted by molar-refractivity contribution is -0.122. The third kappa shape index (κ3) is 7.61. The van der Waals surface area contributed by atoms with E-state index >= 15 is 0 Å². The molecule has 0 aliphatic carbocycles. The fraction of sp³-hybridized carbons (Fsp3) is 0.409. The number of nitrogens with zero attached hydrogens (tertiary/aromatic N) is 1. The fourth-order valence-corrected chi connectivity index (χ4v) is 3.56. The Hall–Kier alpha value is -1.63. The highest BCUT2D eigenvalue weighted by Crippen LogP contribution is 2.20. The van der Waals surface area contributed by atoms with Crippen molar-refractivity contribution in [1.82, 2.24) is 10.2 Å². The number of β-amino-alcohol motifs (C(OH)–C–C–N with tert-alkyl or cyclic N) is 1. The Balaban J connectivity index is 0.00000210. The van der Waals surface area contributed by atoms with Crippen LogP contribution < -0.4 is 11.1 Å². The van der Waals surface area contributed by atoms with Crippen LogP contribution in [0.2, 0.25) is 0 Å². The van der Waals surface area contributed by atoms with Crippen molar-refractivity contribution in [2.75, 3.05) is 26.2 Å². The number of aliphatic hydroxyl groups excluding tert-OH is 1. The number of carbonyl (C=O) groups is 1. The Labute approximate surface area is 185 Å². The molecule has 1 fully saturated rings. The minimum atomic E-state index is -0.618. The summed E-state index contributed by atoms with van der Waals surface area (Å²) >= 11 is 0. The van der Waals surface area contributed by atoms with Crippen LogP contribution in [-0.2, 0) is 4.79 Å². The minimum Gasteiger partial charge on any atom is -0.387 e. The molecule has 1 saturated heterocycles. The van der Waals surface area contributed by atoms with Crippen LogP contribution in [-0.4, -0.2) is 42.1 Å². The quantitative estimate of drug-likeness (QED) is 0.619. The molecule has 2 aromatic carbocycles.